The summed E-state index contributed by atoms with van der Waals surface area (Å²) in [6.07, 6.45) is 9.76. The Bertz CT molecular complexity index is 1060. The van der Waals surface area contributed by atoms with Crippen LogP contribution >= 0.6 is 0 Å². The Kier molecular flexibility index (Phi) is 7.28. The van der Waals surface area contributed by atoms with Crippen LogP contribution in [0.5, 0.6) is 0 Å². The summed E-state index contributed by atoms with van der Waals surface area (Å²) in [4.78, 5) is 27.1. The maximum Gasteiger partial charge on any atom is 0.312 e. The van der Waals surface area contributed by atoms with Gasteiger partial charge in [-0.15, -0.1) is 0 Å². The fourth-order valence-electron chi connectivity index (χ4n) is 11.8. The van der Waals surface area contributed by atoms with E-state index in [0.29, 0.717) is 30.0 Å². The molecule has 0 amide bonds. The Morgan fingerprint density at radius 3 is 2.25 bits per heavy atom. The number of fused-ring (bicyclic) bond motifs is 7. The van der Waals surface area contributed by atoms with Crippen molar-refractivity contribution in [1.29, 1.82) is 0 Å². The van der Waals surface area contributed by atoms with E-state index in [4.69, 9.17) is 10.5 Å². The number of hydrogen-bond donors (Lipinski definition) is 3. The van der Waals surface area contributed by atoms with E-state index in [9.17, 15) is 19.8 Å². The first kappa shape index (κ1) is 30.2. The van der Waals surface area contributed by atoms with E-state index in [0.717, 1.165) is 57.8 Å². The molecule has 0 spiro atoms. The molecule has 5 aliphatic rings. The van der Waals surface area contributed by atoms with Crippen molar-refractivity contribution in [1.82, 2.24) is 0 Å². The van der Waals surface area contributed by atoms with Crippen LogP contribution in [0, 0.1) is 56.7 Å². The summed E-state index contributed by atoms with van der Waals surface area (Å²) < 4.78 is 5.88. The van der Waals surface area contributed by atoms with E-state index >= 15 is 0 Å². The second-order valence-corrected chi connectivity index (χ2v) is 16.2. The SMILES string of the molecule is C=C(C)C1CC[C@]2(C(=O)OCC(N)(CO)CO)CC[C@]3(C)C(CCC4[C@@]5(C)CCC(=O)C(C)(C)C5CC[C@]43C)C12. The van der Waals surface area contributed by atoms with Gasteiger partial charge < -0.3 is 20.7 Å². The molecule has 226 valence electrons. The minimum Gasteiger partial charge on any atom is -0.463 e. The maximum atomic E-state index is 14.0. The molecule has 0 heterocycles. The van der Waals surface area contributed by atoms with Crippen LogP contribution in [-0.2, 0) is 14.3 Å². The Balaban J connectivity index is 1.50. The number of ether oxygens (including phenoxy) is 1. The number of carbonyl (C=O) groups is 2. The number of hydrogen-bond acceptors (Lipinski definition) is 6. The summed E-state index contributed by atoms with van der Waals surface area (Å²) in [6.45, 7) is 17.5. The maximum absolute atomic E-state index is 14.0. The van der Waals surface area contributed by atoms with E-state index in [1.165, 1.54) is 5.57 Å². The van der Waals surface area contributed by atoms with Gasteiger partial charge in [0.05, 0.1) is 24.2 Å². The van der Waals surface area contributed by atoms with Crippen LogP contribution in [0.1, 0.15) is 106 Å². The Morgan fingerprint density at radius 2 is 1.62 bits per heavy atom. The number of aliphatic hydroxyl groups is 2. The molecule has 0 aliphatic heterocycles. The summed E-state index contributed by atoms with van der Waals surface area (Å²) in [7, 11) is 0. The average molecular weight is 558 g/mol. The van der Waals surface area contributed by atoms with Crippen LogP contribution in [0.15, 0.2) is 12.2 Å². The molecule has 5 rings (SSSR count). The molecule has 40 heavy (non-hydrogen) atoms. The average Bonchev–Trinajstić information content (AvgIpc) is 3.31. The van der Waals surface area contributed by atoms with E-state index in [-0.39, 0.29) is 46.1 Å². The van der Waals surface area contributed by atoms with Gasteiger partial charge in [0.2, 0.25) is 0 Å². The highest BCUT2D eigenvalue weighted by molar-refractivity contribution is 5.85. The van der Waals surface area contributed by atoms with Gasteiger partial charge in [0, 0.05) is 11.8 Å². The topological polar surface area (TPSA) is 110 Å². The number of nitrogens with two attached hydrogens (primary N) is 1. The third-order valence-corrected chi connectivity index (χ3v) is 14.3. The van der Waals surface area contributed by atoms with Crippen molar-refractivity contribution in [3.8, 4) is 0 Å². The van der Waals surface area contributed by atoms with Gasteiger partial charge in [-0.3, -0.25) is 9.59 Å². The molecule has 0 aromatic heterocycles. The van der Waals surface area contributed by atoms with Crippen LogP contribution in [0.3, 0.4) is 0 Å². The summed E-state index contributed by atoms with van der Waals surface area (Å²) in [6, 6.07) is 0. The fraction of sp³-hybridized carbons (Fsp3) is 0.882. The lowest BCUT2D eigenvalue weighted by molar-refractivity contribution is -0.236. The van der Waals surface area contributed by atoms with E-state index in [1.54, 1.807) is 0 Å². The first-order valence-corrected chi connectivity index (χ1v) is 15.9. The quantitative estimate of drug-likeness (QED) is 0.296. The van der Waals surface area contributed by atoms with Crippen molar-refractivity contribution < 1.29 is 24.5 Å². The van der Waals surface area contributed by atoms with Crippen molar-refractivity contribution in [2.75, 3.05) is 19.8 Å². The number of carbonyl (C=O) groups excluding carboxylic acids is 2. The number of esters is 1. The van der Waals surface area contributed by atoms with Crippen molar-refractivity contribution in [2.45, 2.75) is 111 Å². The molecular formula is C34H55NO5. The van der Waals surface area contributed by atoms with Crippen molar-refractivity contribution >= 4 is 11.8 Å². The minimum atomic E-state index is -1.33. The van der Waals surface area contributed by atoms with Gasteiger partial charge in [0.1, 0.15) is 12.4 Å². The van der Waals surface area contributed by atoms with Gasteiger partial charge in [0.25, 0.3) is 0 Å². The predicted molar refractivity (Wildman–Crippen MR) is 156 cm³/mol. The standard InChI is InChI=1S/C34H55NO5/c1-21(2)22-10-15-34(28(39)40-20-33(35,18-36)19-37)17-16-31(6)23(27(22)34)8-9-25-30(5)13-12-26(38)29(3,4)24(30)11-14-32(25,31)7/h22-25,27,36-37H,1,8-20,35H2,2-7H3/t22?,23?,24?,25?,27?,30-,31+,32+,34-/m0/s1. The Morgan fingerprint density at radius 1 is 0.950 bits per heavy atom. The molecular weight excluding hydrogens is 502 g/mol. The monoisotopic (exact) mass is 557 g/mol. The van der Waals surface area contributed by atoms with Gasteiger partial charge in [-0.25, -0.2) is 0 Å². The molecule has 0 aromatic carbocycles. The zero-order chi connectivity index (χ0) is 29.5. The first-order valence-electron chi connectivity index (χ1n) is 15.9. The number of rotatable bonds is 6. The molecule has 6 heteroatoms. The molecule has 0 bridgehead atoms. The van der Waals surface area contributed by atoms with Crippen molar-refractivity contribution in [3.63, 3.8) is 0 Å². The zero-order valence-electron chi connectivity index (χ0n) is 26.0. The van der Waals surface area contributed by atoms with Crippen LogP contribution in [-0.4, -0.2) is 47.3 Å². The summed E-state index contributed by atoms with van der Waals surface area (Å²) in [5.41, 5.74) is 5.50. The Labute approximate surface area is 241 Å². The number of aliphatic hydroxyl groups excluding tert-OH is 2. The molecule has 5 saturated carbocycles. The zero-order valence-corrected chi connectivity index (χ0v) is 26.0. The highest BCUT2D eigenvalue weighted by Crippen LogP contribution is 2.77. The van der Waals surface area contributed by atoms with E-state index < -0.39 is 24.2 Å². The molecule has 0 saturated heterocycles. The smallest absolute Gasteiger partial charge is 0.312 e. The van der Waals surface area contributed by atoms with Crippen LogP contribution in [0.25, 0.3) is 0 Å². The molecule has 9 atom stereocenters. The van der Waals surface area contributed by atoms with Gasteiger partial charge in [-0.2, -0.15) is 0 Å². The number of Topliss-reactive ketones (excluding diaryl/α,β-unsaturated/α-hetero) is 1. The molecule has 4 N–H and O–H groups in total. The predicted octanol–water partition coefficient (Wildman–Crippen LogP) is 5.44. The van der Waals surface area contributed by atoms with Gasteiger partial charge >= 0.3 is 5.97 Å². The third kappa shape index (κ3) is 3.90. The molecule has 5 unspecified atom stereocenters. The lowest BCUT2D eigenvalue weighted by Gasteiger charge is -2.72. The lowest BCUT2D eigenvalue weighted by atomic mass is 9.32. The largest absolute Gasteiger partial charge is 0.463 e. The highest BCUT2D eigenvalue weighted by Gasteiger charge is 2.72. The van der Waals surface area contributed by atoms with Crippen LogP contribution in [0.2, 0.25) is 0 Å². The molecule has 5 aliphatic carbocycles. The third-order valence-electron chi connectivity index (χ3n) is 14.3. The molecule has 6 nitrogen and oxygen atoms in total. The molecule has 5 fully saturated rings. The van der Waals surface area contributed by atoms with Gasteiger partial charge in [-0.1, -0.05) is 46.8 Å². The lowest BCUT2D eigenvalue weighted by Crippen LogP contribution is -2.66. The van der Waals surface area contributed by atoms with E-state index in [2.05, 4.69) is 48.1 Å². The normalized spacial score (nSPS) is 46.0. The molecule has 0 aromatic rings. The van der Waals surface area contributed by atoms with Gasteiger partial charge in [-0.05, 0) is 111 Å². The summed E-state index contributed by atoms with van der Waals surface area (Å²) >= 11 is 0. The Hall–Kier alpha value is -1.24. The number of allylic oxidation sites excluding steroid dienone is 1. The highest BCUT2D eigenvalue weighted by atomic mass is 16.5. The number of ketones is 1. The fourth-order valence-corrected chi connectivity index (χ4v) is 11.8. The molecule has 0 radical (unpaired) electrons. The first-order chi connectivity index (χ1) is 18.6. The minimum absolute atomic E-state index is 0.0931. The van der Waals surface area contributed by atoms with Crippen molar-refractivity contribution in [2.24, 2.45) is 62.4 Å². The van der Waals surface area contributed by atoms with E-state index in [1.807, 2.05) is 0 Å². The van der Waals surface area contributed by atoms with Crippen LogP contribution < -0.4 is 5.73 Å². The second-order valence-electron chi connectivity index (χ2n) is 16.2. The second kappa shape index (κ2) is 9.64. The summed E-state index contributed by atoms with van der Waals surface area (Å²) in [5, 5.41) is 19.4. The van der Waals surface area contributed by atoms with Crippen molar-refractivity contribution in [3.05, 3.63) is 12.2 Å². The van der Waals surface area contributed by atoms with Gasteiger partial charge in [0.15, 0.2) is 0 Å². The van der Waals surface area contributed by atoms with Crippen LogP contribution in [0.4, 0.5) is 0 Å². The summed E-state index contributed by atoms with van der Waals surface area (Å²) in [5.74, 6) is 2.11.